The number of aryl methyl sites for hydroxylation is 1. The first-order valence-electron chi connectivity index (χ1n) is 7.42. The van der Waals surface area contributed by atoms with Gasteiger partial charge in [0, 0.05) is 17.5 Å². The minimum Gasteiger partial charge on any atom is -0.462 e. The summed E-state index contributed by atoms with van der Waals surface area (Å²) >= 11 is 0. The fourth-order valence-corrected chi connectivity index (χ4v) is 2.68. The largest absolute Gasteiger partial charge is 0.462 e. The fraction of sp³-hybridized carbons (Fsp3) is 0.438. The molecule has 1 fully saturated rings. The Bertz CT molecular complexity index is 783. The second-order valence-corrected chi connectivity index (χ2v) is 5.72. The first-order chi connectivity index (χ1) is 11.4. The number of fused-ring (bicyclic) bond motifs is 1. The lowest BCUT2D eigenvalue weighted by molar-refractivity contribution is -0.277. The summed E-state index contributed by atoms with van der Waals surface area (Å²) in [4.78, 5) is 11.5. The molecule has 0 spiro atoms. The lowest BCUT2D eigenvalue weighted by Crippen LogP contribution is -2.60. The van der Waals surface area contributed by atoms with Crippen LogP contribution in [0.5, 0.6) is 5.75 Å². The van der Waals surface area contributed by atoms with Gasteiger partial charge >= 0.3 is 5.63 Å². The van der Waals surface area contributed by atoms with Gasteiger partial charge < -0.3 is 34.3 Å². The molecule has 4 N–H and O–H groups in total. The number of benzene rings is 1. The Balaban J connectivity index is 1.87. The minimum absolute atomic E-state index is 0.237. The van der Waals surface area contributed by atoms with Crippen molar-refractivity contribution < 1.29 is 34.3 Å². The van der Waals surface area contributed by atoms with Gasteiger partial charge in [-0.3, -0.25) is 0 Å². The highest BCUT2D eigenvalue weighted by Gasteiger charge is 2.44. The Morgan fingerprint density at radius 1 is 1.12 bits per heavy atom. The van der Waals surface area contributed by atoms with Crippen molar-refractivity contribution in [1.82, 2.24) is 0 Å². The third-order valence-corrected chi connectivity index (χ3v) is 4.02. The van der Waals surface area contributed by atoms with E-state index >= 15 is 0 Å². The van der Waals surface area contributed by atoms with E-state index in [9.17, 15) is 20.1 Å². The highest BCUT2D eigenvalue weighted by atomic mass is 16.7. The molecule has 1 aromatic heterocycles. The van der Waals surface area contributed by atoms with Crippen molar-refractivity contribution in [3.63, 3.8) is 0 Å². The number of hydrogen-bond acceptors (Lipinski definition) is 8. The van der Waals surface area contributed by atoms with E-state index in [0.717, 1.165) is 10.9 Å². The maximum absolute atomic E-state index is 11.5. The number of aliphatic hydroxyl groups is 4. The summed E-state index contributed by atoms with van der Waals surface area (Å²) in [5.41, 5.74) is 0.563. The van der Waals surface area contributed by atoms with Gasteiger partial charge in [0.1, 0.15) is 35.7 Å². The predicted octanol–water partition coefficient (Wildman–Crippen LogP) is -0.720. The van der Waals surface area contributed by atoms with E-state index in [2.05, 4.69) is 0 Å². The van der Waals surface area contributed by atoms with Crippen molar-refractivity contribution in [2.45, 2.75) is 37.6 Å². The van der Waals surface area contributed by atoms with Crippen LogP contribution in [0.15, 0.2) is 33.5 Å². The Morgan fingerprint density at radius 3 is 2.58 bits per heavy atom. The van der Waals surface area contributed by atoms with Crippen molar-refractivity contribution in [3.05, 3.63) is 40.2 Å². The Kier molecular flexibility index (Phi) is 4.57. The highest BCUT2D eigenvalue weighted by Crippen LogP contribution is 2.27. The number of hydrogen-bond donors (Lipinski definition) is 4. The average molecular weight is 338 g/mol. The van der Waals surface area contributed by atoms with Crippen LogP contribution in [0, 0.1) is 6.92 Å². The zero-order chi connectivity index (χ0) is 17.4. The smallest absolute Gasteiger partial charge is 0.336 e. The summed E-state index contributed by atoms with van der Waals surface area (Å²) in [6.07, 6.45) is -6.85. The number of aliphatic hydroxyl groups excluding tert-OH is 4. The molecule has 1 aliphatic heterocycles. The molecule has 8 heteroatoms. The second-order valence-electron chi connectivity index (χ2n) is 5.72. The first kappa shape index (κ1) is 16.9. The lowest BCUT2D eigenvalue weighted by Gasteiger charge is -2.39. The van der Waals surface area contributed by atoms with Crippen molar-refractivity contribution in [3.8, 4) is 5.75 Å². The molecule has 2 heterocycles. The number of ether oxygens (including phenoxy) is 2. The Hall–Kier alpha value is -1.97. The molecule has 130 valence electrons. The van der Waals surface area contributed by atoms with Gasteiger partial charge in [-0.2, -0.15) is 0 Å². The van der Waals surface area contributed by atoms with E-state index in [1.165, 1.54) is 12.1 Å². The molecule has 0 bridgehead atoms. The van der Waals surface area contributed by atoms with E-state index in [0.29, 0.717) is 5.58 Å². The van der Waals surface area contributed by atoms with Crippen molar-refractivity contribution >= 4 is 11.0 Å². The van der Waals surface area contributed by atoms with Gasteiger partial charge in [0.2, 0.25) is 6.29 Å². The predicted molar refractivity (Wildman–Crippen MR) is 81.6 cm³/mol. The summed E-state index contributed by atoms with van der Waals surface area (Å²) < 4.78 is 15.9. The molecular formula is C16H18O8. The molecule has 0 saturated carbocycles. The molecule has 8 nitrogen and oxygen atoms in total. The van der Waals surface area contributed by atoms with E-state index in [4.69, 9.17) is 19.0 Å². The van der Waals surface area contributed by atoms with Crippen LogP contribution in [-0.2, 0) is 4.74 Å². The topological polar surface area (TPSA) is 130 Å². The summed E-state index contributed by atoms with van der Waals surface area (Å²) in [5.74, 6) is 0.237. The monoisotopic (exact) mass is 338 g/mol. The van der Waals surface area contributed by atoms with Crippen LogP contribution < -0.4 is 10.4 Å². The lowest BCUT2D eigenvalue weighted by atomic mass is 9.99. The van der Waals surface area contributed by atoms with E-state index in [1.54, 1.807) is 19.1 Å². The molecule has 5 atom stereocenters. The summed E-state index contributed by atoms with van der Waals surface area (Å²) in [6.45, 7) is 1.23. The van der Waals surface area contributed by atoms with Crippen LogP contribution in [0.4, 0.5) is 0 Å². The minimum atomic E-state index is -1.53. The van der Waals surface area contributed by atoms with Gasteiger partial charge in [0.05, 0.1) is 6.61 Å². The van der Waals surface area contributed by atoms with Crippen molar-refractivity contribution in [2.75, 3.05) is 6.61 Å². The van der Waals surface area contributed by atoms with Crippen molar-refractivity contribution in [1.29, 1.82) is 0 Å². The van der Waals surface area contributed by atoms with Crippen molar-refractivity contribution in [2.24, 2.45) is 0 Å². The second kappa shape index (κ2) is 6.50. The molecule has 0 aliphatic carbocycles. The molecule has 1 saturated heterocycles. The SMILES string of the molecule is Cc1cc(=O)oc2cc(O[C@@H]3O[C@H](CO)[C@H](O)[C@H](O)[C@@H]3O)ccc12. The van der Waals surface area contributed by atoms with E-state index in [1.807, 2.05) is 0 Å². The fourth-order valence-electron chi connectivity index (χ4n) is 2.68. The van der Waals surface area contributed by atoms with Gasteiger partial charge in [0.15, 0.2) is 0 Å². The van der Waals surface area contributed by atoms with Crippen LogP contribution in [-0.4, -0.2) is 57.7 Å². The maximum Gasteiger partial charge on any atom is 0.336 e. The zero-order valence-electron chi connectivity index (χ0n) is 12.8. The molecule has 2 aromatic rings. The average Bonchev–Trinajstić information content (AvgIpc) is 2.55. The van der Waals surface area contributed by atoms with Crippen LogP contribution in [0.25, 0.3) is 11.0 Å². The quantitative estimate of drug-likeness (QED) is 0.540. The molecule has 3 rings (SSSR count). The standard InChI is InChI=1S/C16H18O8/c1-7-4-12(18)23-10-5-8(2-3-9(7)10)22-16-15(21)14(20)13(19)11(6-17)24-16/h2-5,11,13-17,19-21H,6H2,1H3/t11-,13+,14+,15+,16-/m1/s1. The third-order valence-electron chi connectivity index (χ3n) is 4.02. The highest BCUT2D eigenvalue weighted by molar-refractivity contribution is 5.81. The molecule has 0 amide bonds. The maximum atomic E-state index is 11.5. The summed E-state index contributed by atoms with van der Waals surface area (Å²) in [6, 6.07) is 6.12. The van der Waals surface area contributed by atoms with E-state index < -0.39 is 42.9 Å². The van der Waals surface area contributed by atoms with Gasteiger partial charge in [-0.05, 0) is 24.6 Å². The molecule has 1 aliphatic rings. The van der Waals surface area contributed by atoms with Crippen LogP contribution in [0.3, 0.4) is 0 Å². The normalized spacial score (nSPS) is 30.5. The van der Waals surface area contributed by atoms with Gasteiger partial charge in [0.25, 0.3) is 0 Å². The van der Waals surface area contributed by atoms with Crippen LogP contribution >= 0.6 is 0 Å². The third kappa shape index (κ3) is 3.02. The summed E-state index contributed by atoms with van der Waals surface area (Å²) in [7, 11) is 0. The molecule has 0 unspecified atom stereocenters. The molecular weight excluding hydrogens is 320 g/mol. The van der Waals surface area contributed by atoms with Gasteiger partial charge in [-0.25, -0.2) is 4.79 Å². The van der Waals surface area contributed by atoms with E-state index in [-0.39, 0.29) is 5.75 Å². The van der Waals surface area contributed by atoms with Crippen LogP contribution in [0.1, 0.15) is 5.56 Å². The molecule has 24 heavy (non-hydrogen) atoms. The first-order valence-corrected chi connectivity index (χ1v) is 7.42. The van der Waals surface area contributed by atoms with Gasteiger partial charge in [-0.1, -0.05) is 0 Å². The van der Waals surface area contributed by atoms with Gasteiger partial charge in [-0.15, -0.1) is 0 Å². The molecule has 0 radical (unpaired) electrons. The van der Waals surface area contributed by atoms with Crippen LogP contribution in [0.2, 0.25) is 0 Å². The summed E-state index contributed by atoms with van der Waals surface area (Å²) in [5, 5.41) is 39.4. The number of rotatable bonds is 3. The Labute approximate surface area is 136 Å². The Morgan fingerprint density at radius 2 is 1.88 bits per heavy atom. The zero-order valence-corrected chi connectivity index (χ0v) is 12.8. The molecule has 1 aromatic carbocycles.